The van der Waals surface area contributed by atoms with Crippen LogP contribution in [0.1, 0.15) is 37.0 Å². The maximum atomic E-state index is 13.2. The number of benzene rings is 2. The molecule has 0 saturated carbocycles. The number of likely N-dealkylation sites (tertiary alicyclic amines) is 1. The molecule has 35 heavy (non-hydrogen) atoms. The van der Waals surface area contributed by atoms with Gasteiger partial charge in [-0.3, -0.25) is 4.79 Å². The Labute approximate surface area is 207 Å². The minimum absolute atomic E-state index is 0.0891. The number of anilines is 2. The van der Waals surface area contributed by atoms with E-state index in [-0.39, 0.29) is 5.91 Å². The fraction of sp³-hybridized carbons (Fsp3) is 0.429. The van der Waals surface area contributed by atoms with Crippen molar-refractivity contribution in [1.29, 1.82) is 0 Å². The van der Waals surface area contributed by atoms with Crippen LogP contribution >= 0.6 is 0 Å². The molecular weight excluding hydrogens is 440 g/mol. The number of pyridine rings is 1. The second-order valence-electron chi connectivity index (χ2n) is 9.58. The summed E-state index contributed by atoms with van der Waals surface area (Å²) in [5.41, 5.74) is 2.10. The summed E-state index contributed by atoms with van der Waals surface area (Å²) in [6.45, 7) is 8.60. The molecule has 2 aromatic carbocycles. The molecule has 1 amide bonds. The number of ether oxygens (including phenoxy) is 2. The van der Waals surface area contributed by atoms with Crippen molar-refractivity contribution in [3.63, 3.8) is 0 Å². The van der Waals surface area contributed by atoms with Crippen molar-refractivity contribution in [1.82, 2.24) is 15.2 Å². The predicted octanol–water partition coefficient (Wildman–Crippen LogP) is 5.09. The zero-order valence-corrected chi connectivity index (χ0v) is 21.1. The number of rotatable bonds is 9. The zero-order valence-electron chi connectivity index (χ0n) is 21.1. The molecule has 1 saturated heterocycles. The molecule has 2 atom stereocenters. The number of amides is 1. The molecule has 2 heterocycles. The van der Waals surface area contributed by atoms with Gasteiger partial charge in [-0.2, -0.15) is 0 Å². The molecule has 7 heteroatoms. The summed E-state index contributed by atoms with van der Waals surface area (Å²) in [5.74, 6) is 3.31. The summed E-state index contributed by atoms with van der Waals surface area (Å²) in [5, 5.41) is 7.25. The largest absolute Gasteiger partial charge is 0.497 e. The Bertz CT molecular complexity index is 1160. The van der Waals surface area contributed by atoms with Crippen LogP contribution in [0.25, 0.3) is 10.9 Å². The van der Waals surface area contributed by atoms with Crippen LogP contribution in [0.3, 0.4) is 0 Å². The lowest BCUT2D eigenvalue weighted by Gasteiger charge is -2.34. The van der Waals surface area contributed by atoms with Crippen LogP contribution in [0.2, 0.25) is 0 Å². The third-order valence-electron chi connectivity index (χ3n) is 6.51. The summed E-state index contributed by atoms with van der Waals surface area (Å²) in [7, 11) is 3.23. The van der Waals surface area contributed by atoms with Gasteiger partial charge in [0.2, 0.25) is 0 Å². The Kier molecular flexibility index (Phi) is 8.08. The first-order chi connectivity index (χ1) is 17.0. The fourth-order valence-electron chi connectivity index (χ4n) is 5.04. The fourth-order valence-corrected chi connectivity index (χ4v) is 5.04. The highest BCUT2D eigenvalue weighted by atomic mass is 16.5. The van der Waals surface area contributed by atoms with Crippen LogP contribution in [-0.2, 0) is 0 Å². The van der Waals surface area contributed by atoms with E-state index in [1.807, 2.05) is 36.4 Å². The molecular formula is C28H36N4O3. The molecule has 0 spiro atoms. The highest BCUT2D eigenvalue weighted by Gasteiger charge is 2.21. The topological polar surface area (TPSA) is 75.7 Å². The first kappa shape index (κ1) is 24.8. The van der Waals surface area contributed by atoms with E-state index in [0.29, 0.717) is 29.4 Å². The summed E-state index contributed by atoms with van der Waals surface area (Å²) < 4.78 is 10.8. The maximum absolute atomic E-state index is 13.2. The number of nitrogens with one attached hydrogen (secondary N) is 2. The minimum atomic E-state index is -0.0891. The third kappa shape index (κ3) is 6.22. The average Bonchev–Trinajstić information content (AvgIpc) is 2.85. The maximum Gasteiger partial charge on any atom is 0.252 e. The molecule has 0 aliphatic carbocycles. The molecule has 4 rings (SSSR count). The Morgan fingerprint density at radius 2 is 1.83 bits per heavy atom. The second-order valence-corrected chi connectivity index (χ2v) is 9.58. The smallest absolute Gasteiger partial charge is 0.252 e. The van der Waals surface area contributed by atoms with Crippen molar-refractivity contribution in [2.45, 2.75) is 26.7 Å². The van der Waals surface area contributed by atoms with E-state index in [1.165, 1.54) is 6.42 Å². The molecule has 1 aromatic heterocycles. The van der Waals surface area contributed by atoms with Crippen LogP contribution < -0.4 is 20.1 Å². The van der Waals surface area contributed by atoms with Crippen molar-refractivity contribution in [2.75, 3.05) is 45.7 Å². The van der Waals surface area contributed by atoms with Gasteiger partial charge in [0, 0.05) is 31.1 Å². The Morgan fingerprint density at radius 1 is 1.06 bits per heavy atom. The number of piperidine rings is 1. The van der Waals surface area contributed by atoms with Crippen molar-refractivity contribution >= 4 is 28.3 Å². The van der Waals surface area contributed by atoms with Gasteiger partial charge in [-0.05, 0) is 55.5 Å². The van der Waals surface area contributed by atoms with Crippen LogP contribution in [-0.4, -0.2) is 56.2 Å². The van der Waals surface area contributed by atoms with Crippen LogP contribution in [0.5, 0.6) is 11.5 Å². The van der Waals surface area contributed by atoms with Crippen LogP contribution in [0.4, 0.5) is 11.5 Å². The highest BCUT2D eigenvalue weighted by Crippen LogP contribution is 2.32. The Morgan fingerprint density at radius 3 is 2.57 bits per heavy atom. The van der Waals surface area contributed by atoms with Crippen LogP contribution in [0.15, 0.2) is 48.5 Å². The average molecular weight is 477 g/mol. The van der Waals surface area contributed by atoms with E-state index < -0.39 is 0 Å². The molecule has 0 unspecified atom stereocenters. The molecule has 0 radical (unpaired) electrons. The molecule has 3 aromatic rings. The highest BCUT2D eigenvalue weighted by molar-refractivity contribution is 6.07. The predicted molar refractivity (Wildman–Crippen MR) is 141 cm³/mol. The summed E-state index contributed by atoms with van der Waals surface area (Å²) in [6.07, 6.45) is 2.24. The van der Waals surface area contributed by atoms with E-state index in [2.05, 4.69) is 29.4 Å². The molecule has 7 nitrogen and oxygen atoms in total. The lowest BCUT2D eigenvalue weighted by atomic mass is 9.92. The van der Waals surface area contributed by atoms with E-state index in [0.717, 1.165) is 54.5 Å². The Hall–Kier alpha value is -3.32. The van der Waals surface area contributed by atoms with Crippen molar-refractivity contribution in [3.05, 3.63) is 54.1 Å². The SMILES string of the molecule is COc1ccc(Nc2cc(C(=O)NCCCN3C[C@H](C)C[C@H](C)C3)c3ccccc3n2)c(OC)c1. The van der Waals surface area contributed by atoms with Gasteiger partial charge in [-0.25, -0.2) is 4.98 Å². The lowest BCUT2D eigenvalue weighted by Crippen LogP contribution is -2.40. The van der Waals surface area contributed by atoms with Gasteiger partial charge < -0.3 is 25.0 Å². The molecule has 1 aliphatic rings. The summed E-state index contributed by atoms with van der Waals surface area (Å²) in [6, 6.07) is 15.0. The molecule has 1 fully saturated rings. The minimum Gasteiger partial charge on any atom is -0.497 e. The van der Waals surface area contributed by atoms with E-state index >= 15 is 0 Å². The summed E-state index contributed by atoms with van der Waals surface area (Å²) in [4.78, 5) is 20.4. The molecule has 186 valence electrons. The number of carbonyl (C=O) groups is 1. The standard InChI is InChI=1S/C28H36N4O3/c1-19-14-20(2)18-32(17-19)13-7-12-29-28(33)23-16-27(30-24-9-6-5-8-22(23)24)31-25-11-10-21(34-3)15-26(25)35-4/h5-6,8-11,15-16,19-20H,7,12-14,17-18H2,1-4H3,(H,29,33)(H,30,31)/t19-,20+. The number of fused-ring (bicyclic) bond motifs is 1. The first-order valence-electron chi connectivity index (χ1n) is 12.4. The number of para-hydroxylation sites is 1. The zero-order chi connectivity index (χ0) is 24.8. The van der Waals surface area contributed by atoms with E-state index in [9.17, 15) is 4.79 Å². The van der Waals surface area contributed by atoms with Crippen molar-refractivity contribution < 1.29 is 14.3 Å². The van der Waals surface area contributed by atoms with Gasteiger partial charge in [-0.15, -0.1) is 0 Å². The number of hydrogen-bond donors (Lipinski definition) is 2. The monoisotopic (exact) mass is 476 g/mol. The number of aromatic nitrogens is 1. The van der Waals surface area contributed by atoms with Crippen LogP contribution in [0, 0.1) is 11.8 Å². The lowest BCUT2D eigenvalue weighted by molar-refractivity contribution is 0.0949. The first-order valence-corrected chi connectivity index (χ1v) is 12.4. The van der Waals surface area contributed by atoms with Gasteiger partial charge in [0.15, 0.2) is 0 Å². The van der Waals surface area contributed by atoms with Gasteiger partial charge in [-0.1, -0.05) is 32.0 Å². The van der Waals surface area contributed by atoms with Gasteiger partial charge >= 0.3 is 0 Å². The van der Waals surface area contributed by atoms with Gasteiger partial charge in [0.25, 0.3) is 5.91 Å². The van der Waals surface area contributed by atoms with E-state index in [4.69, 9.17) is 14.5 Å². The second kappa shape index (κ2) is 11.4. The summed E-state index contributed by atoms with van der Waals surface area (Å²) >= 11 is 0. The quantitative estimate of drug-likeness (QED) is 0.419. The van der Waals surface area contributed by atoms with Crippen molar-refractivity contribution in [2.24, 2.45) is 11.8 Å². The number of carbonyl (C=O) groups excluding carboxylic acids is 1. The molecule has 1 aliphatic heterocycles. The normalized spacial score (nSPS) is 18.3. The number of nitrogens with zero attached hydrogens (tertiary/aromatic N) is 2. The van der Waals surface area contributed by atoms with Gasteiger partial charge in [0.05, 0.1) is 31.0 Å². The van der Waals surface area contributed by atoms with E-state index in [1.54, 1.807) is 26.4 Å². The van der Waals surface area contributed by atoms with Gasteiger partial charge in [0.1, 0.15) is 17.3 Å². The molecule has 0 bridgehead atoms. The Balaban J connectivity index is 1.47. The molecule has 2 N–H and O–H groups in total. The number of hydrogen-bond acceptors (Lipinski definition) is 6. The van der Waals surface area contributed by atoms with Crippen molar-refractivity contribution in [3.8, 4) is 11.5 Å². The third-order valence-corrected chi connectivity index (χ3v) is 6.51. The number of methoxy groups -OCH3 is 2.